The van der Waals surface area contributed by atoms with Gasteiger partial charge in [0, 0.05) is 31.6 Å². The van der Waals surface area contributed by atoms with E-state index in [4.69, 9.17) is 0 Å². The van der Waals surface area contributed by atoms with E-state index in [1.54, 1.807) is 30.3 Å². The number of carbonyl (C=O) groups excluding carboxylic acids is 1. The topological polar surface area (TPSA) is 72.3 Å². The zero-order valence-corrected chi connectivity index (χ0v) is 17.0. The van der Waals surface area contributed by atoms with E-state index in [1.807, 2.05) is 42.1 Å². The average Bonchev–Trinajstić information content (AvgIpc) is 3.10. The van der Waals surface area contributed by atoms with E-state index >= 15 is 0 Å². The quantitative estimate of drug-likeness (QED) is 0.641. The molecule has 0 aliphatic carbocycles. The maximum absolute atomic E-state index is 12.5. The molecular formula is C21H23N3O3S. The van der Waals surface area contributed by atoms with Crippen molar-refractivity contribution in [3.05, 3.63) is 77.6 Å². The van der Waals surface area contributed by atoms with Crippen molar-refractivity contribution in [2.75, 3.05) is 13.3 Å². The molecule has 1 amide bonds. The summed E-state index contributed by atoms with van der Waals surface area (Å²) in [6.07, 6.45) is 5.06. The molecule has 0 atom stereocenters. The van der Waals surface area contributed by atoms with E-state index in [0.717, 1.165) is 28.6 Å². The molecular weight excluding hydrogens is 374 g/mol. The lowest BCUT2D eigenvalue weighted by Gasteiger charge is -2.16. The molecule has 0 aliphatic heterocycles. The van der Waals surface area contributed by atoms with Crippen LogP contribution >= 0.6 is 0 Å². The lowest BCUT2D eigenvalue weighted by Crippen LogP contribution is -2.27. The Morgan fingerprint density at radius 3 is 2.39 bits per heavy atom. The Labute approximate surface area is 165 Å². The number of benzene rings is 2. The van der Waals surface area contributed by atoms with E-state index in [-0.39, 0.29) is 17.2 Å². The van der Waals surface area contributed by atoms with Crippen LogP contribution in [0.4, 0.5) is 0 Å². The number of hydrogen-bond acceptors (Lipinski definition) is 4. The van der Waals surface area contributed by atoms with Crippen LogP contribution in [0.15, 0.2) is 65.8 Å². The lowest BCUT2D eigenvalue weighted by molar-refractivity contribution is -0.129. The third-order valence-corrected chi connectivity index (χ3v) is 5.68. The molecule has 2 aromatic carbocycles. The first-order chi connectivity index (χ1) is 13.2. The Bertz CT molecular complexity index is 1090. The number of likely N-dealkylation sites (N-methyl/N-ethyl adjacent to an activating group) is 1. The van der Waals surface area contributed by atoms with Crippen LogP contribution < -0.4 is 0 Å². The molecule has 28 heavy (non-hydrogen) atoms. The summed E-state index contributed by atoms with van der Waals surface area (Å²) < 4.78 is 24.9. The minimum absolute atomic E-state index is 0.0456. The summed E-state index contributed by atoms with van der Waals surface area (Å²) in [6.45, 7) is 2.48. The third-order valence-electron chi connectivity index (χ3n) is 4.55. The van der Waals surface area contributed by atoms with Gasteiger partial charge in [0.1, 0.15) is 0 Å². The summed E-state index contributed by atoms with van der Waals surface area (Å²) in [6, 6.07) is 14.4. The normalized spacial score (nSPS) is 11.4. The summed E-state index contributed by atoms with van der Waals surface area (Å²) in [5.74, 6) is -0.0456. The van der Waals surface area contributed by atoms with Gasteiger partial charge >= 0.3 is 0 Å². The van der Waals surface area contributed by atoms with Crippen LogP contribution in [-0.4, -0.2) is 42.3 Å². The van der Waals surface area contributed by atoms with Crippen molar-refractivity contribution in [3.63, 3.8) is 0 Å². The molecule has 0 spiro atoms. The van der Waals surface area contributed by atoms with Crippen molar-refractivity contribution in [2.24, 2.45) is 0 Å². The van der Waals surface area contributed by atoms with E-state index in [1.165, 1.54) is 12.1 Å². The van der Waals surface area contributed by atoms with E-state index < -0.39 is 9.84 Å². The second kappa shape index (κ2) is 7.98. The molecule has 1 heterocycles. The zero-order valence-electron chi connectivity index (χ0n) is 16.2. The third kappa shape index (κ3) is 4.67. The molecule has 0 saturated heterocycles. The van der Waals surface area contributed by atoms with E-state index in [2.05, 4.69) is 5.10 Å². The predicted octanol–water partition coefficient (Wildman–Crippen LogP) is 2.79. The van der Waals surface area contributed by atoms with Crippen LogP contribution in [0.5, 0.6) is 0 Å². The molecule has 0 unspecified atom stereocenters. The van der Waals surface area contributed by atoms with Crippen LogP contribution in [0.3, 0.4) is 0 Å². The molecule has 0 saturated carbocycles. The molecule has 6 nitrogen and oxygen atoms in total. The Balaban J connectivity index is 1.64. The van der Waals surface area contributed by atoms with Gasteiger partial charge in [-0.3, -0.25) is 4.79 Å². The summed E-state index contributed by atoms with van der Waals surface area (Å²) in [5, 5.41) is 4.40. The fourth-order valence-corrected chi connectivity index (χ4v) is 3.55. The van der Waals surface area contributed by atoms with Gasteiger partial charge in [0.05, 0.1) is 23.2 Å². The molecule has 1 aromatic heterocycles. The van der Waals surface area contributed by atoms with Gasteiger partial charge in [0.15, 0.2) is 9.84 Å². The zero-order chi connectivity index (χ0) is 20.3. The van der Waals surface area contributed by atoms with Crippen molar-refractivity contribution >= 4 is 15.7 Å². The van der Waals surface area contributed by atoms with Crippen LogP contribution in [0.2, 0.25) is 0 Å². The fraction of sp³-hybridized carbons (Fsp3) is 0.238. The summed E-state index contributed by atoms with van der Waals surface area (Å²) in [7, 11) is -1.49. The summed E-state index contributed by atoms with van der Waals surface area (Å²) in [5.41, 5.74) is 3.85. The van der Waals surface area contributed by atoms with Gasteiger partial charge in [-0.1, -0.05) is 30.3 Å². The smallest absolute Gasteiger partial charge is 0.227 e. The number of hydrogen-bond donors (Lipinski definition) is 0. The first kappa shape index (κ1) is 19.8. The minimum Gasteiger partial charge on any atom is -0.341 e. The Morgan fingerprint density at radius 1 is 1.07 bits per heavy atom. The molecule has 0 bridgehead atoms. The molecule has 3 rings (SSSR count). The number of aromatic nitrogens is 2. The highest BCUT2D eigenvalue weighted by molar-refractivity contribution is 7.90. The van der Waals surface area contributed by atoms with Crippen LogP contribution in [0.25, 0.3) is 5.69 Å². The number of aryl methyl sites for hydroxylation is 1. The SMILES string of the molecule is Cc1ccccc1-n1cc(CN(C)C(=O)Cc2ccc(S(C)(=O)=O)cc2)cn1. The summed E-state index contributed by atoms with van der Waals surface area (Å²) >= 11 is 0. The van der Waals surface area contributed by atoms with Crippen LogP contribution in [-0.2, 0) is 27.6 Å². The molecule has 0 N–H and O–H groups in total. The molecule has 146 valence electrons. The minimum atomic E-state index is -3.23. The first-order valence-corrected chi connectivity index (χ1v) is 10.8. The Kier molecular flexibility index (Phi) is 5.65. The largest absolute Gasteiger partial charge is 0.341 e. The monoisotopic (exact) mass is 397 g/mol. The van der Waals surface area contributed by atoms with Crippen molar-refractivity contribution in [3.8, 4) is 5.69 Å². The highest BCUT2D eigenvalue weighted by Gasteiger charge is 2.13. The molecule has 0 fully saturated rings. The van der Waals surface area contributed by atoms with Gasteiger partial charge < -0.3 is 4.90 Å². The lowest BCUT2D eigenvalue weighted by atomic mass is 10.1. The van der Waals surface area contributed by atoms with Crippen molar-refractivity contribution < 1.29 is 13.2 Å². The van der Waals surface area contributed by atoms with Gasteiger partial charge in [-0.15, -0.1) is 0 Å². The molecule has 7 heteroatoms. The average molecular weight is 398 g/mol. The second-order valence-corrected chi connectivity index (χ2v) is 8.94. The first-order valence-electron chi connectivity index (χ1n) is 8.86. The van der Waals surface area contributed by atoms with Crippen molar-refractivity contribution in [2.45, 2.75) is 24.8 Å². The van der Waals surface area contributed by atoms with Crippen molar-refractivity contribution in [1.29, 1.82) is 0 Å². The number of rotatable bonds is 6. The second-order valence-electron chi connectivity index (χ2n) is 6.92. The number of sulfone groups is 1. The van der Waals surface area contributed by atoms with Crippen LogP contribution in [0, 0.1) is 6.92 Å². The fourth-order valence-electron chi connectivity index (χ4n) is 2.92. The summed E-state index contributed by atoms with van der Waals surface area (Å²) in [4.78, 5) is 14.4. The molecule has 0 radical (unpaired) electrons. The maximum Gasteiger partial charge on any atom is 0.227 e. The number of amides is 1. The Morgan fingerprint density at radius 2 is 1.75 bits per heavy atom. The standard InChI is InChI=1S/C21H23N3O3S/c1-16-6-4-5-7-20(16)24-15-18(13-22-24)14-23(2)21(25)12-17-8-10-19(11-9-17)28(3,26)27/h4-11,13,15H,12,14H2,1-3H3. The Hall–Kier alpha value is -2.93. The highest BCUT2D eigenvalue weighted by Crippen LogP contribution is 2.15. The number of carbonyl (C=O) groups is 1. The van der Waals surface area contributed by atoms with Gasteiger partial charge in [0.2, 0.25) is 5.91 Å². The number of para-hydroxylation sites is 1. The van der Waals surface area contributed by atoms with Crippen LogP contribution in [0.1, 0.15) is 16.7 Å². The van der Waals surface area contributed by atoms with Gasteiger partial charge in [0.25, 0.3) is 0 Å². The van der Waals surface area contributed by atoms with E-state index in [0.29, 0.717) is 6.54 Å². The molecule has 3 aromatic rings. The van der Waals surface area contributed by atoms with Gasteiger partial charge in [-0.05, 0) is 36.2 Å². The van der Waals surface area contributed by atoms with E-state index in [9.17, 15) is 13.2 Å². The maximum atomic E-state index is 12.5. The van der Waals surface area contributed by atoms with Crippen molar-refractivity contribution in [1.82, 2.24) is 14.7 Å². The molecule has 0 aliphatic rings. The highest BCUT2D eigenvalue weighted by atomic mass is 32.2. The van der Waals surface area contributed by atoms with Gasteiger partial charge in [-0.25, -0.2) is 13.1 Å². The predicted molar refractivity (Wildman–Crippen MR) is 108 cm³/mol. The van der Waals surface area contributed by atoms with Gasteiger partial charge in [-0.2, -0.15) is 5.10 Å². The number of nitrogens with zero attached hydrogens (tertiary/aromatic N) is 3.